The summed E-state index contributed by atoms with van der Waals surface area (Å²) in [5, 5.41) is 13.1. The molecule has 246 valence electrons. The van der Waals surface area contributed by atoms with Crippen LogP contribution in [0.25, 0.3) is 5.57 Å². The summed E-state index contributed by atoms with van der Waals surface area (Å²) in [4.78, 5) is 18.9. The minimum atomic E-state index is -0.481. The summed E-state index contributed by atoms with van der Waals surface area (Å²) in [5.74, 6) is 0.963. The van der Waals surface area contributed by atoms with Crippen LogP contribution in [0.4, 0.5) is 20.6 Å². The van der Waals surface area contributed by atoms with Gasteiger partial charge in [-0.2, -0.15) is 0 Å². The number of hydrogen-bond donors (Lipinski definition) is 4. The van der Waals surface area contributed by atoms with Crippen molar-refractivity contribution < 1.29 is 24.0 Å². The molecule has 3 heterocycles. The zero-order valence-corrected chi connectivity index (χ0v) is 27.7. The fourth-order valence-corrected chi connectivity index (χ4v) is 5.96. The highest BCUT2D eigenvalue weighted by Crippen LogP contribution is 2.31. The number of amidine groups is 1. The first-order chi connectivity index (χ1) is 22.6. The van der Waals surface area contributed by atoms with E-state index in [1.165, 1.54) is 17.8 Å². The molecule has 3 aromatic carbocycles. The van der Waals surface area contributed by atoms with Crippen LogP contribution in [-0.2, 0) is 11.3 Å². The Hall–Kier alpha value is -4.38. The van der Waals surface area contributed by atoms with Crippen LogP contribution in [0.5, 0.6) is 5.75 Å². The average Bonchev–Trinajstić information content (AvgIpc) is 3.52. The molecule has 0 unspecified atom stereocenters. The molecule has 5 N–H and O–H groups in total. The number of benzene rings is 3. The molecular weight excluding hydrogens is 619 g/mol. The standard InChI is InChI=1S/C36H40ClFN6O3/c1-36(2,3)47-35(45)44-13-11-27(12-14-44)40-20-29-16-25(19-39-29)24-7-9-32-30(17-24)34(42-22-41-32)43-28-8-10-33(31(37)18-28)46-21-23-5-4-6-26(38)15-23/h4-10,15-19,27,39-41H,11-14,20-22H2,1-3H3,(H,42,43)/p+1. The number of quaternary nitrogens is 1. The van der Waals surface area contributed by atoms with E-state index in [0.717, 1.165) is 58.9 Å². The van der Waals surface area contributed by atoms with Crippen molar-refractivity contribution in [2.75, 3.05) is 36.9 Å². The van der Waals surface area contributed by atoms with Crippen LogP contribution in [0.15, 0.2) is 83.6 Å². The Balaban J connectivity index is 1.04. The van der Waals surface area contributed by atoms with Gasteiger partial charge in [-0.25, -0.2) is 14.2 Å². The largest absolute Gasteiger partial charge is 0.487 e. The molecule has 47 heavy (non-hydrogen) atoms. The fourth-order valence-electron chi connectivity index (χ4n) is 5.73. The molecule has 3 aliphatic heterocycles. The molecule has 3 aliphatic rings. The number of piperidine rings is 1. The van der Waals surface area contributed by atoms with Crippen molar-refractivity contribution in [1.29, 1.82) is 0 Å². The molecule has 1 fully saturated rings. The predicted molar refractivity (Wildman–Crippen MR) is 184 cm³/mol. The molecular formula is C36H41ClFN6O3+. The second kappa shape index (κ2) is 14.2. The van der Waals surface area contributed by atoms with Crippen LogP contribution < -0.4 is 26.0 Å². The van der Waals surface area contributed by atoms with Gasteiger partial charge in [0.1, 0.15) is 48.2 Å². The van der Waals surface area contributed by atoms with E-state index < -0.39 is 5.60 Å². The second-order valence-corrected chi connectivity index (χ2v) is 13.3. The molecule has 9 nitrogen and oxygen atoms in total. The minimum absolute atomic E-state index is 0.216. The van der Waals surface area contributed by atoms with Crippen molar-refractivity contribution >= 4 is 40.5 Å². The van der Waals surface area contributed by atoms with E-state index in [4.69, 9.17) is 26.1 Å². The maximum Gasteiger partial charge on any atom is 0.410 e. The second-order valence-electron chi connectivity index (χ2n) is 12.9. The Morgan fingerprint density at radius 2 is 1.96 bits per heavy atom. The predicted octanol–water partition coefficient (Wildman–Crippen LogP) is 6.09. The number of likely N-dealkylation sites (tertiary alicyclic amines) is 1. The van der Waals surface area contributed by atoms with Crippen LogP contribution in [0.1, 0.15) is 50.3 Å². The van der Waals surface area contributed by atoms with Gasteiger partial charge in [-0.15, -0.1) is 0 Å². The summed E-state index contributed by atoms with van der Waals surface area (Å²) >= 11 is 6.55. The number of halogens is 2. The lowest BCUT2D eigenvalue weighted by molar-refractivity contribution is -0.531. The number of amides is 1. The number of nitrogens with two attached hydrogens (primary N) is 1. The number of carbonyl (C=O) groups excluding carboxylic acids is 1. The van der Waals surface area contributed by atoms with Gasteiger partial charge in [0.2, 0.25) is 0 Å². The SMILES string of the molecule is CC(C)(C)OC(=O)N1CCC(NCC2=CC(c3ccc4c(c3)C(Nc3ccc(OCc5cccc(F)c5)c(Cl)c3)=NCN4)=C[NH2+]2)CC1. The zero-order valence-electron chi connectivity index (χ0n) is 26.9. The Bertz CT molecular complexity index is 1730. The van der Waals surface area contributed by atoms with Crippen molar-refractivity contribution in [3.05, 3.63) is 106 Å². The molecule has 3 aromatic rings. The minimum Gasteiger partial charge on any atom is -0.487 e. The van der Waals surface area contributed by atoms with Crippen LogP contribution in [0, 0.1) is 5.82 Å². The molecule has 11 heteroatoms. The lowest BCUT2D eigenvalue weighted by atomic mass is 10.0. The number of aliphatic imine (C=N–C) groups is 1. The maximum atomic E-state index is 13.5. The first kappa shape index (κ1) is 32.6. The third-order valence-corrected chi connectivity index (χ3v) is 8.45. The molecule has 0 bridgehead atoms. The fraction of sp³-hybridized carbons (Fsp3) is 0.333. The van der Waals surface area contributed by atoms with Crippen molar-refractivity contribution in [3.8, 4) is 5.75 Å². The van der Waals surface area contributed by atoms with Gasteiger partial charge < -0.3 is 30.3 Å². The van der Waals surface area contributed by atoms with E-state index in [-0.39, 0.29) is 18.5 Å². The van der Waals surface area contributed by atoms with Crippen LogP contribution in [0.3, 0.4) is 0 Å². The van der Waals surface area contributed by atoms with Crippen LogP contribution >= 0.6 is 11.6 Å². The number of nitrogens with one attached hydrogen (secondary N) is 3. The van der Waals surface area contributed by atoms with Crippen molar-refractivity contribution in [1.82, 2.24) is 10.2 Å². The van der Waals surface area contributed by atoms with Gasteiger partial charge in [0.05, 0.1) is 11.6 Å². The van der Waals surface area contributed by atoms with E-state index in [9.17, 15) is 9.18 Å². The van der Waals surface area contributed by atoms with Crippen molar-refractivity contribution in [2.24, 2.45) is 4.99 Å². The highest BCUT2D eigenvalue weighted by Gasteiger charge is 2.27. The van der Waals surface area contributed by atoms with Crippen LogP contribution in [-0.4, -0.2) is 54.8 Å². The molecule has 0 radical (unpaired) electrons. The van der Waals surface area contributed by atoms with E-state index in [0.29, 0.717) is 36.6 Å². The zero-order chi connectivity index (χ0) is 33.0. The van der Waals surface area contributed by atoms with E-state index in [2.05, 4.69) is 51.7 Å². The number of anilines is 2. The molecule has 6 rings (SSSR count). The molecule has 0 atom stereocenters. The molecule has 0 spiro atoms. The Morgan fingerprint density at radius 3 is 2.72 bits per heavy atom. The maximum absolute atomic E-state index is 13.5. The monoisotopic (exact) mass is 659 g/mol. The Labute approximate surface area is 279 Å². The highest BCUT2D eigenvalue weighted by molar-refractivity contribution is 6.32. The van der Waals surface area contributed by atoms with Crippen molar-refractivity contribution in [2.45, 2.75) is 51.9 Å². The first-order valence-corrected chi connectivity index (χ1v) is 16.3. The summed E-state index contributed by atoms with van der Waals surface area (Å²) in [5.41, 5.74) is 6.44. The van der Waals surface area contributed by atoms with Crippen molar-refractivity contribution in [3.63, 3.8) is 0 Å². The van der Waals surface area contributed by atoms with Gasteiger partial charge in [0.25, 0.3) is 0 Å². The van der Waals surface area contributed by atoms with E-state index >= 15 is 0 Å². The summed E-state index contributed by atoms with van der Waals surface area (Å²) < 4.78 is 24.9. The summed E-state index contributed by atoms with van der Waals surface area (Å²) in [6, 6.07) is 18.5. The number of ether oxygens (including phenoxy) is 2. The number of fused-ring (bicyclic) bond motifs is 1. The Kier molecular flexibility index (Phi) is 9.81. The lowest BCUT2D eigenvalue weighted by Gasteiger charge is -2.33. The number of hydrogen-bond acceptors (Lipinski definition) is 7. The quantitative estimate of drug-likeness (QED) is 0.233. The first-order valence-electron chi connectivity index (χ1n) is 15.9. The summed E-state index contributed by atoms with van der Waals surface area (Å²) in [7, 11) is 0. The number of nitrogens with zero attached hydrogens (tertiary/aromatic N) is 2. The molecule has 0 aromatic heterocycles. The summed E-state index contributed by atoms with van der Waals surface area (Å²) in [6.07, 6.45) is 5.93. The third kappa shape index (κ3) is 8.51. The van der Waals surface area contributed by atoms with Gasteiger partial charge in [0, 0.05) is 47.7 Å². The average molecular weight is 660 g/mol. The molecule has 0 saturated carbocycles. The molecule has 1 amide bonds. The molecule has 1 saturated heterocycles. The van der Waals surface area contributed by atoms with E-state index in [1.807, 2.05) is 32.9 Å². The lowest BCUT2D eigenvalue weighted by Crippen LogP contribution is -2.76. The van der Waals surface area contributed by atoms with Gasteiger partial charge in [-0.1, -0.05) is 29.8 Å². The molecule has 0 aliphatic carbocycles. The smallest absolute Gasteiger partial charge is 0.410 e. The third-order valence-electron chi connectivity index (χ3n) is 8.15. The Morgan fingerprint density at radius 1 is 1.13 bits per heavy atom. The van der Waals surface area contributed by atoms with Gasteiger partial charge in [-0.05, 0) is 87.2 Å². The number of rotatable bonds is 8. The van der Waals surface area contributed by atoms with E-state index in [1.54, 1.807) is 23.1 Å². The normalized spacial score (nSPS) is 16.4. The van der Waals surface area contributed by atoms with Gasteiger partial charge >= 0.3 is 6.09 Å². The van der Waals surface area contributed by atoms with Gasteiger partial charge in [-0.3, -0.25) is 5.32 Å². The topological polar surface area (TPSA) is 104 Å². The summed E-state index contributed by atoms with van der Waals surface area (Å²) in [6.45, 7) is 8.51. The number of carbonyl (C=O) groups is 1. The number of allylic oxidation sites excluding steroid dienone is 2. The highest BCUT2D eigenvalue weighted by atomic mass is 35.5. The van der Waals surface area contributed by atoms with Gasteiger partial charge in [0.15, 0.2) is 0 Å². The van der Waals surface area contributed by atoms with Crippen LogP contribution in [0.2, 0.25) is 5.02 Å².